The van der Waals surface area contributed by atoms with Gasteiger partial charge in [-0.2, -0.15) is 0 Å². The van der Waals surface area contributed by atoms with Gasteiger partial charge in [0.05, 0.1) is 6.54 Å². The molecule has 0 saturated carbocycles. The van der Waals surface area contributed by atoms with E-state index in [0.29, 0.717) is 24.7 Å². The summed E-state index contributed by atoms with van der Waals surface area (Å²) in [6.45, 7) is 0.862. The third-order valence-corrected chi connectivity index (χ3v) is 3.91. The molecule has 2 aromatic rings. The first-order valence-electron chi connectivity index (χ1n) is 5.28. The maximum Gasteiger partial charge on any atom is 0.287 e. The molecule has 0 spiro atoms. The van der Waals surface area contributed by atoms with Crippen LogP contribution >= 0.6 is 27.3 Å². The van der Waals surface area contributed by atoms with E-state index >= 15 is 0 Å². The molecule has 0 aromatic carbocycles. The van der Waals surface area contributed by atoms with Crippen LogP contribution in [-0.2, 0) is 17.9 Å². The Balaban J connectivity index is 1.90. The molecule has 2 heterocycles. The van der Waals surface area contributed by atoms with Gasteiger partial charge < -0.3 is 14.5 Å². The molecule has 2 rings (SSSR count). The van der Waals surface area contributed by atoms with Crippen LogP contribution in [0.25, 0.3) is 0 Å². The Morgan fingerprint density at radius 2 is 2.39 bits per heavy atom. The lowest BCUT2D eigenvalue weighted by Crippen LogP contribution is -2.21. The van der Waals surface area contributed by atoms with Gasteiger partial charge >= 0.3 is 0 Å². The number of amides is 1. The zero-order valence-electron chi connectivity index (χ0n) is 9.73. The third-order valence-electron chi connectivity index (χ3n) is 2.22. The minimum absolute atomic E-state index is 0.220. The molecule has 0 aliphatic rings. The van der Waals surface area contributed by atoms with Crippen LogP contribution in [0.1, 0.15) is 21.2 Å². The maximum atomic E-state index is 11.8. The molecular weight excluding hydrogens is 318 g/mol. The Morgan fingerprint density at radius 3 is 3.06 bits per heavy atom. The van der Waals surface area contributed by atoms with Crippen molar-refractivity contribution in [2.24, 2.45) is 0 Å². The summed E-state index contributed by atoms with van der Waals surface area (Å²) in [7, 11) is 1.58. The van der Waals surface area contributed by atoms with E-state index < -0.39 is 0 Å². The van der Waals surface area contributed by atoms with Crippen molar-refractivity contribution in [2.75, 3.05) is 7.11 Å². The average Bonchev–Trinajstić information content (AvgIpc) is 2.96. The summed E-state index contributed by atoms with van der Waals surface area (Å²) in [4.78, 5) is 12.9. The van der Waals surface area contributed by atoms with Gasteiger partial charge in [0.25, 0.3) is 5.91 Å². The molecule has 96 valence electrons. The van der Waals surface area contributed by atoms with Gasteiger partial charge in [-0.3, -0.25) is 4.79 Å². The zero-order valence-corrected chi connectivity index (χ0v) is 12.1. The number of methoxy groups -OCH3 is 1. The molecule has 0 fully saturated rings. The molecule has 0 aliphatic heterocycles. The SMILES string of the molecule is COCc1ccc(C(=O)NCc2cc(Br)cs2)o1. The molecule has 2 aromatic heterocycles. The highest BCUT2D eigenvalue weighted by atomic mass is 79.9. The Labute approximate surface area is 117 Å². The van der Waals surface area contributed by atoms with Crippen LogP contribution in [0.3, 0.4) is 0 Å². The van der Waals surface area contributed by atoms with Crippen molar-refractivity contribution in [1.29, 1.82) is 0 Å². The van der Waals surface area contributed by atoms with E-state index in [-0.39, 0.29) is 5.91 Å². The Bertz CT molecular complexity index is 535. The van der Waals surface area contributed by atoms with Crippen molar-refractivity contribution in [3.63, 3.8) is 0 Å². The number of hydrogen-bond donors (Lipinski definition) is 1. The van der Waals surface area contributed by atoms with Gasteiger partial charge in [-0.25, -0.2) is 0 Å². The zero-order chi connectivity index (χ0) is 13.0. The second-order valence-electron chi connectivity index (χ2n) is 3.61. The van der Waals surface area contributed by atoms with Gasteiger partial charge in [-0.1, -0.05) is 0 Å². The molecule has 0 atom stereocenters. The molecule has 1 N–H and O–H groups in total. The molecule has 18 heavy (non-hydrogen) atoms. The largest absolute Gasteiger partial charge is 0.453 e. The monoisotopic (exact) mass is 329 g/mol. The van der Waals surface area contributed by atoms with Gasteiger partial charge in [0.2, 0.25) is 0 Å². The summed E-state index contributed by atoms with van der Waals surface area (Å²) < 4.78 is 11.3. The number of hydrogen-bond acceptors (Lipinski definition) is 4. The number of rotatable bonds is 5. The van der Waals surface area contributed by atoms with Crippen molar-refractivity contribution in [3.05, 3.63) is 44.4 Å². The first-order chi connectivity index (χ1) is 8.69. The van der Waals surface area contributed by atoms with Crippen LogP contribution in [0.15, 0.2) is 32.5 Å². The highest BCUT2D eigenvalue weighted by Crippen LogP contribution is 2.19. The number of thiophene rings is 1. The maximum absolute atomic E-state index is 11.8. The highest BCUT2D eigenvalue weighted by Gasteiger charge is 2.11. The quantitative estimate of drug-likeness (QED) is 0.916. The first-order valence-corrected chi connectivity index (χ1v) is 6.95. The van der Waals surface area contributed by atoms with Crippen molar-refractivity contribution in [2.45, 2.75) is 13.2 Å². The number of nitrogens with one attached hydrogen (secondary N) is 1. The molecule has 6 heteroatoms. The second-order valence-corrected chi connectivity index (χ2v) is 5.52. The van der Waals surface area contributed by atoms with Crippen molar-refractivity contribution < 1.29 is 13.9 Å². The standard InChI is InChI=1S/C12H12BrNO3S/c1-16-6-9-2-3-11(17-9)12(15)14-5-10-4-8(13)7-18-10/h2-4,7H,5-6H2,1H3,(H,14,15). The van der Waals surface area contributed by atoms with Gasteiger partial charge in [0.1, 0.15) is 12.4 Å². The topological polar surface area (TPSA) is 51.5 Å². The van der Waals surface area contributed by atoms with E-state index in [0.717, 1.165) is 9.35 Å². The predicted octanol–water partition coefficient (Wildman–Crippen LogP) is 3.18. The van der Waals surface area contributed by atoms with E-state index in [1.54, 1.807) is 30.6 Å². The van der Waals surface area contributed by atoms with Crippen molar-refractivity contribution in [3.8, 4) is 0 Å². The van der Waals surface area contributed by atoms with E-state index in [9.17, 15) is 4.79 Å². The van der Waals surface area contributed by atoms with Gasteiger partial charge in [-0.05, 0) is 34.1 Å². The summed E-state index contributed by atoms with van der Waals surface area (Å²) in [6, 6.07) is 5.36. The summed E-state index contributed by atoms with van der Waals surface area (Å²) in [5, 5.41) is 4.78. The molecule has 0 bridgehead atoms. The average molecular weight is 330 g/mol. The van der Waals surface area contributed by atoms with Crippen LogP contribution in [0.2, 0.25) is 0 Å². The fourth-order valence-electron chi connectivity index (χ4n) is 1.42. The van der Waals surface area contributed by atoms with E-state index in [1.807, 2.05) is 11.4 Å². The molecule has 0 saturated heterocycles. The van der Waals surface area contributed by atoms with Crippen molar-refractivity contribution >= 4 is 33.2 Å². The van der Waals surface area contributed by atoms with Crippen molar-refractivity contribution in [1.82, 2.24) is 5.32 Å². The minimum atomic E-state index is -0.220. The number of halogens is 1. The van der Waals surface area contributed by atoms with Gasteiger partial charge in [0.15, 0.2) is 5.76 Å². The highest BCUT2D eigenvalue weighted by molar-refractivity contribution is 9.10. The number of furan rings is 1. The molecule has 0 aliphatic carbocycles. The normalized spacial score (nSPS) is 10.6. The molecule has 0 radical (unpaired) electrons. The van der Waals surface area contributed by atoms with Crippen LogP contribution in [0.5, 0.6) is 0 Å². The molecule has 1 amide bonds. The van der Waals surface area contributed by atoms with Gasteiger partial charge in [-0.15, -0.1) is 11.3 Å². The third kappa shape index (κ3) is 3.44. The molecular formula is C12H12BrNO3S. The second kappa shape index (κ2) is 6.17. The summed E-state index contributed by atoms with van der Waals surface area (Å²) in [6.07, 6.45) is 0. The summed E-state index contributed by atoms with van der Waals surface area (Å²) >= 11 is 4.96. The van der Waals surface area contributed by atoms with E-state index in [2.05, 4.69) is 21.2 Å². The Morgan fingerprint density at radius 1 is 1.56 bits per heavy atom. The lowest BCUT2D eigenvalue weighted by molar-refractivity contribution is 0.0915. The lowest BCUT2D eigenvalue weighted by Gasteiger charge is -2.00. The lowest BCUT2D eigenvalue weighted by atomic mass is 10.4. The molecule has 0 unspecified atom stereocenters. The van der Waals surface area contributed by atoms with Gasteiger partial charge in [0, 0.05) is 21.8 Å². The smallest absolute Gasteiger partial charge is 0.287 e. The fraction of sp³-hybridized carbons (Fsp3) is 0.250. The summed E-state index contributed by atoms with van der Waals surface area (Å²) in [5.41, 5.74) is 0. The van der Waals surface area contributed by atoms with Crippen LogP contribution in [0.4, 0.5) is 0 Å². The molecule has 4 nitrogen and oxygen atoms in total. The Kier molecular flexibility index (Phi) is 4.57. The number of ether oxygens (including phenoxy) is 1. The minimum Gasteiger partial charge on any atom is -0.453 e. The first kappa shape index (κ1) is 13.3. The fourth-order valence-corrected chi connectivity index (χ4v) is 2.81. The number of carbonyl (C=O) groups excluding carboxylic acids is 1. The van der Waals surface area contributed by atoms with Crippen LogP contribution in [0, 0.1) is 0 Å². The van der Waals surface area contributed by atoms with E-state index in [1.165, 1.54) is 0 Å². The Hall–Kier alpha value is -1.11. The number of carbonyl (C=O) groups is 1. The van der Waals surface area contributed by atoms with Crippen LogP contribution < -0.4 is 5.32 Å². The van der Waals surface area contributed by atoms with E-state index in [4.69, 9.17) is 9.15 Å². The predicted molar refractivity (Wildman–Crippen MR) is 72.6 cm³/mol. The van der Waals surface area contributed by atoms with Crippen LogP contribution in [-0.4, -0.2) is 13.0 Å². The summed E-state index contributed by atoms with van der Waals surface area (Å²) in [5.74, 6) is 0.723.